The van der Waals surface area contributed by atoms with Crippen molar-refractivity contribution in [3.63, 3.8) is 0 Å². The molecule has 13 heavy (non-hydrogen) atoms. The zero-order chi connectivity index (χ0) is 10.1. The number of nitrogens with zero attached hydrogens (tertiary/aromatic N) is 2. The van der Waals surface area contributed by atoms with E-state index in [1.807, 2.05) is 5.38 Å². The topological polar surface area (TPSA) is 36.7 Å². The number of hydrogen-bond acceptors (Lipinski definition) is 3. The van der Waals surface area contributed by atoms with Gasteiger partial charge in [-0.2, -0.15) is 5.26 Å². The van der Waals surface area contributed by atoms with E-state index < -0.39 is 0 Å². The lowest BCUT2D eigenvalue weighted by atomic mass is 9.98. The Bertz CT molecular complexity index is 332. The second-order valence-corrected chi connectivity index (χ2v) is 5.59. The quantitative estimate of drug-likeness (QED) is 0.725. The van der Waals surface area contributed by atoms with E-state index in [9.17, 15) is 0 Å². The molecule has 1 unspecified atom stereocenters. The fraction of sp³-hybridized carbons (Fsp3) is 0.556. The van der Waals surface area contributed by atoms with Gasteiger partial charge in [-0.05, 0) is 0 Å². The van der Waals surface area contributed by atoms with Crippen LogP contribution in [-0.4, -0.2) is 4.98 Å². The number of hydrogen-bond donors (Lipinski definition) is 0. The van der Waals surface area contributed by atoms with Crippen molar-refractivity contribution in [3.8, 4) is 6.07 Å². The van der Waals surface area contributed by atoms with Crippen LogP contribution in [-0.2, 0) is 5.41 Å². The average molecular weight is 259 g/mol. The number of aromatic nitrogens is 1. The molecule has 1 aromatic rings. The van der Waals surface area contributed by atoms with Crippen molar-refractivity contribution in [3.05, 3.63) is 16.1 Å². The molecule has 70 valence electrons. The fourth-order valence-electron chi connectivity index (χ4n) is 0.813. The SMILES string of the molecule is CC(C)(C)c1nc(C(Br)C#N)cs1. The number of thiazole rings is 1. The number of halogens is 1. The maximum atomic E-state index is 8.67. The average Bonchev–Trinajstić information content (AvgIpc) is 2.50. The molecule has 1 rings (SSSR count). The second kappa shape index (κ2) is 3.77. The van der Waals surface area contributed by atoms with E-state index in [0.717, 1.165) is 10.7 Å². The smallest absolute Gasteiger partial charge is 0.144 e. The van der Waals surface area contributed by atoms with Crippen LogP contribution in [0.3, 0.4) is 0 Å². The highest BCUT2D eigenvalue weighted by molar-refractivity contribution is 9.09. The van der Waals surface area contributed by atoms with Gasteiger partial charge in [0.1, 0.15) is 4.83 Å². The molecule has 0 amide bonds. The highest BCUT2D eigenvalue weighted by Crippen LogP contribution is 2.29. The largest absolute Gasteiger partial charge is 0.243 e. The Morgan fingerprint density at radius 3 is 2.62 bits per heavy atom. The summed E-state index contributed by atoms with van der Waals surface area (Å²) < 4.78 is 0. The minimum absolute atomic E-state index is 0.0745. The minimum Gasteiger partial charge on any atom is -0.243 e. The maximum absolute atomic E-state index is 8.67. The second-order valence-electron chi connectivity index (χ2n) is 3.82. The van der Waals surface area contributed by atoms with Gasteiger partial charge in [0.05, 0.1) is 16.8 Å². The standard InChI is InChI=1S/C9H11BrN2S/c1-9(2,3)8-12-7(5-13-8)6(10)4-11/h5-6H,1-3H3. The van der Waals surface area contributed by atoms with Crippen molar-refractivity contribution < 1.29 is 0 Å². The zero-order valence-electron chi connectivity index (χ0n) is 7.84. The molecular formula is C9H11BrN2S. The molecule has 0 N–H and O–H groups in total. The molecule has 0 radical (unpaired) electrons. The summed E-state index contributed by atoms with van der Waals surface area (Å²) in [5.41, 5.74) is 0.892. The molecule has 1 aromatic heterocycles. The van der Waals surface area contributed by atoms with Crippen molar-refractivity contribution in [2.75, 3.05) is 0 Å². The van der Waals surface area contributed by atoms with E-state index in [0.29, 0.717) is 0 Å². The molecule has 2 nitrogen and oxygen atoms in total. The Balaban J connectivity index is 2.95. The van der Waals surface area contributed by atoms with E-state index in [1.54, 1.807) is 11.3 Å². The third-order valence-electron chi connectivity index (χ3n) is 1.54. The van der Waals surface area contributed by atoms with E-state index in [1.165, 1.54) is 0 Å². The van der Waals surface area contributed by atoms with Gasteiger partial charge >= 0.3 is 0 Å². The van der Waals surface area contributed by atoms with E-state index in [4.69, 9.17) is 5.26 Å². The molecule has 0 bridgehead atoms. The van der Waals surface area contributed by atoms with Crippen LogP contribution < -0.4 is 0 Å². The zero-order valence-corrected chi connectivity index (χ0v) is 10.2. The predicted molar refractivity (Wildman–Crippen MR) is 58.1 cm³/mol. The van der Waals surface area contributed by atoms with Gasteiger partial charge in [-0.15, -0.1) is 11.3 Å². The first-order valence-corrected chi connectivity index (χ1v) is 5.74. The fourth-order valence-corrected chi connectivity index (χ4v) is 2.16. The predicted octanol–water partition coefficient (Wildman–Crippen LogP) is 3.40. The molecule has 0 aliphatic carbocycles. The summed E-state index contributed by atoms with van der Waals surface area (Å²) in [4.78, 5) is 4.12. The van der Waals surface area contributed by atoms with Crippen LogP contribution in [0.15, 0.2) is 5.38 Å². The van der Waals surface area contributed by atoms with Gasteiger partial charge in [-0.25, -0.2) is 4.98 Å². The number of nitriles is 1. The summed E-state index contributed by atoms with van der Waals surface area (Å²) in [5.74, 6) is 0. The molecular weight excluding hydrogens is 248 g/mol. The first-order chi connectivity index (χ1) is 5.95. The van der Waals surface area contributed by atoms with Gasteiger partial charge < -0.3 is 0 Å². The summed E-state index contributed by atoms with van der Waals surface area (Å²) in [6.45, 7) is 6.35. The van der Waals surface area contributed by atoms with Crippen molar-refractivity contribution in [2.24, 2.45) is 0 Å². The van der Waals surface area contributed by atoms with Crippen LogP contribution in [0.25, 0.3) is 0 Å². The van der Waals surface area contributed by atoms with Gasteiger partial charge in [0.25, 0.3) is 0 Å². The summed E-state index contributed by atoms with van der Waals surface area (Å²) in [5, 5.41) is 11.7. The molecule has 1 atom stereocenters. The lowest BCUT2D eigenvalue weighted by Crippen LogP contribution is -2.10. The number of rotatable bonds is 1. The molecule has 0 fully saturated rings. The van der Waals surface area contributed by atoms with Crippen molar-refractivity contribution in [1.29, 1.82) is 5.26 Å². The molecule has 0 aliphatic rings. The van der Waals surface area contributed by atoms with Crippen LogP contribution in [0.1, 0.15) is 36.3 Å². The van der Waals surface area contributed by atoms with Gasteiger partial charge in [0.15, 0.2) is 0 Å². The molecule has 0 saturated carbocycles. The number of alkyl halides is 1. The van der Waals surface area contributed by atoms with Gasteiger partial charge in [-0.1, -0.05) is 36.7 Å². The van der Waals surface area contributed by atoms with Crippen LogP contribution in [0, 0.1) is 11.3 Å². The van der Waals surface area contributed by atoms with E-state index >= 15 is 0 Å². The Kier molecular flexibility index (Phi) is 3.09. The molecule has 0 saturated heterocycles. The molecule has 4 heteroatoms. The summed E-state index contributed by atoms with van der Waals surface area (Å²) >= 11 is 4.86. The van der Waals surface area contributed by atoms with Crippen molar-refractivity contribution >= 4 is 27.3 Å². The Morgan fingerprint density at radius 1 is 1.62 bits per heavy atom. The highest BCUT2D eigenvalue weighted by Gasteiger charge is 2.19. The van der Waals surface area contributed by atoms with Gasteiger partial charge in [-0.3, -0.25) is 0 Å². The molecule has 0 aromatic carbocycles. The summed E-state index contributed by atoms with van der Waals surface area (Å²) in [7, 11) is 0. The lowest BCUT2D eigenvalue weighted by Gasteiger charge is -2.13. The Labute approximate surface area is 90.7 Å². The Morgan fingerprint density at radius 2 is 2.23 bits per heavy atom. The van der Waals surface area contributed by atoms with Crippen molar-refractivity contribution in [2.45, 2.75) is 31.0 Å². The maximum Gasteiger partial charge on any atom is 0.144 e. The normalized spacial score (nSPS) is 13.8. The summed E-state index contributed by atoms with van der Waals surface area (Å²) in [6, 6.07) is 2.11. The first kappa shape index (κ1) is 10.7. The summed E-state index contributed by atoms with van der Waals surface area (Å²) in [6.07, 6.45) is 0. The minimum atomic E-state index is -0.278. The monoisotopic (exact) mass is 258 g/mol. The lowest BCUT2D eigenvalue weighted by molar-refractivity contribution is 0.583. The van der Waals surface area contributed by atoms with Gasteiger partial charge in [0.2, 0.25) is 0 Å². The van der Waals surface area contributed by atoms with E-state index in [2.05, 4.69) is 47.8 Å². The van der Waals surface area contributed by atoms with Crippen LogP contribution >= 0.6 is 27.3 Å². The highest BCUT2D eigenvalue weighted by atomic mass is 79.9. The van der Waals surface area contributed by atoms with Gasteiger partial charge in [0, 0.05) is 10.8 Å². The van der Waals surface area contributed by atoms with Crippen molar-refractivity contribution in [1.82, 2.24) is 4.98 Å². The van der Waals surface area contributed by atoms with E-state index in [-0.39, 0.29) is 10.2 Å². The molecule has 1 heterocycles. The molecule has 0 spiro atoms. The third kappa shape index (κ3) is 2.52. The first-order valence-electron chi connectivity index (χ1n) is 3.94. The third-order valence-corrected chi connectivity index (χ3v) is 3.50. The Hall–Kier alpha value is -0.400. The van der Waals surface area contributed by atoms with Crippen LogP contribution in [0.5, 0.6) is 0 Å². The van der Waals surface area contributed by atoms with Crippen LogP contribution in [0.4, 0.5) is 0 Å². The van der Waals surface area contributed by atoms with Crippen LogP contribution in [0.2, 0.25) is 0 Å². The molecule has 0 aliphatic heterocycles.